The molecule has 2 N–H and O–H groups in total. The molecule has 0 radical (unpaired) electrons. The Bertz CT molecular complexity index is 1130. The summed E-state index contributed by atoms with van der Waals surface area (Å²) in [5.74, 6) is 1.54. The molecule has 202 valence electrons. The molecule has 38 heavy (non-hydrogen) atoms. The lowest BCUT2D eigenvalue weighted by Crippen LogP contribution is -2.71. The molecule has 2 aromatic carbocycles. The van der Waals surface area contributed by atoms with E-state index in [-0.39, 0.29) is 6.42 Å². The van der Waals surface area contributed by atoms with Crippen molar-refractivity contribution in [1.29, 1.82) is 0 Å². The van der Waals surface area contributed by atoms with Gasteiger partial charge in [0.25, 0.3) is 0 Å². The van der Waals surface area contributed by atoms with E-state index >= 15 is 0 Å². The van der Waals surface area contributed by atoms with Gasteiger partial charge in [-0.25, -0.2) is 0 Å². The van der Waals surface area contributed by atoms with Gasteiger partial charge in [-0.3, -0.25) is 14.5 Å². The first-order valence-electron chi connectivity index (χ1n) is 14.1. The van der Waals surface area contributed by atoms with Crippen molar-refractivity contribution >= 4 is 18.1 Å². The van der Waals surface area contributed by atoms with Crippen molar-refractivity contribution in [3.8, 4) is 5.75 Å². The van der Waals surface area contributed by atoms with E-state index < -0.39 is 28.8 Å². The second-order valence-corrected chi connectivity index (χ2v) is 12.0. The molecule has 4 fully saturated rings. The van der Waals surface area contributed by atoms with E-state index in [9.17, 15) is 14.4 Å². The molecule has 0 spiro atoms. The maximum absolute atomic E-state index is 14.1. The fourth-order valence-corrected chi connectivity index (χ4v) is 8.30. The third kappa shape index (κ3) is 4.79. The highest BCUT2D eigenvalue weighted by Gasteiger charge is 2.64. The highest BCUT2D eigenvalue weighted by atomic mass is 16.5. The second-order valence-electron chi connectivity index (χ2n) is 12.0. The van der Waals surface area contributed by atoms with E-state index in [1.807, 2.05) is 61.5 Å². The Kier molecular flexibility index (Phi) is 7.45. The average Bonchev–Trinajstić information content (AvgIpc) is 2.89. The van der Waals surface area contributed by atoms with Gasteiger partial charge in [-0.1, -0.05) is 42.5 Å². The van der Waals surface area contributed by atoms with Gasteiger partial charge in [0.05, 0.1) is 12.6 Å². The van der Waals surface area contributed by atoms with Crippen LogP contribution in [0.2, 0.25) is 0 Å². The number of rotatable bonds is 10. The molecule has 6 nitrogen and oxygen atoms in total. The molecule has 2 amide bonds. The van der Waals surface area contributed by atoms with Crippen molar-refractivity contribution in [3.05, 3.63) is 65.7 Å². The maximum atomic E-state index is 14.1. The maximum Gasteiger partial charge on any atom is 0.247 e. The number of carbonyl (C=O) groups is 3. The molecule has 0 heterocycles. The summed E-state index contributed by atoms with van der Waals surface area (Å²) < 4.78 is 5.53. The summed E-state index contributed by atoms with van der Waals surface area (Å²) in [6, 6.07) is 16.4. The minimum Gasteiger partial charge on any atom is -0.494 e. The normalized spacial score (nSPS) is 27.8. The number of carbonyl (C=O) groups excluding carboxylic acids is 3. The molecule has 0 unspecified atom stereocenters. The predicted molar refractivity (Wildman–Crippen MR) is 146 cm³/mol. The van der Waals surface area contributed by atoms with Crippen molar-refractivity contribution < 1.29 is 19.1 Å². The van der Waals surface area contributed by atoms with Gasteiger partial charge >= 0.3 is 0 Å². The number of ether oxygens (including phenoxy) is 1. The van der Waals surface area contributed by atoms with E-state index in [0.29, 0.717) is 30.8 Å². The standard InChI is InChI=1S/C32H40N2O4/c1-3-38-28-11-9-23(10-12-28)16-29(33)30(37)34(22(2)36)32(21-35,20-24-7-5-4-6-8-24)31-17-25-13-26(18-31)15-27(14-25)19-31/h4-12,21,25-27,29H,3,13-20,33H2,1-2H3/t25?,26?,27?,29-,31?,32-/m0/s1. The molecular formula is C32H40N2O4. The largest absolute Gasteiger partial charge is 0.494 e. The van der Waals surface area contributed by atoms with E-state index in [2.05, 4.69) is 0 Å². The number of hydrogen-bond donors (Lipinski definition) is 1. The third-order valence-electron chi connectivity index (χ3n) is 9.41. The number of imide groups is 1. The highest BCUT2D eigenvalue weighted by molar-refractivity contribution is 6.01. The van der Waals surface area contributed by atoms with Crippen LogP contribution >= 0.6 is 0 Å². The Hall–Kier alpha value is -2.99. The van der Waals surface area contributed by atoms with Crippen LogP contribution in [0.1, 0.15) is 63.5 Å². The minimum absolute atomic E-state index is 0.274. The molecule has 2 atom stereocenters. The summed E-state index contributed by atoms with van der Waals surface area (Å²) in [6.07, 6.45) is 7.79. The second kappa shape index (κ2) is 10.6. The van der Waals surface area contributed by atoms with E-state index in [4.69, 9.17) is 10.5 Å². The van der Waals surface area contributed by atoms with Gasteiger partial charge in [-0.05, 0) is 92.9 Å². The fourth-order valence-electron chi connectivity index (χ4n) is 8.30. The Morgan fingerprint density at radius 2 is 1.58 bits per heavy atom. The van der Waals surface area contributed by atoms with Gasteiger partial charge < -0.3 is 15.3 Å². The monoisotopic (exact) mass is 516 g/mol. The Morgan fingerprint density at radius 1 is 1.00 bits per heavy atom. The van der Waals surface area contributed by atoms with Crippen molar-refractivity contribution in [2.45, 2.75) is 76.8 Å². The van der Waals surface area contributed by atoms with Crippen molar-refractivity contribution in [2.24, 2.45) is 28.9 Å². The summed E-state index contributed by atoms with van der Waals surface area (Å²) in [5.41, 5.74) is 6.69. The minimum atomic E-state index is -1.26. The fraction of sp³-hybridized carbons (Fsp3) is 0.531. The van der Waals surface area contributed by atoms with Gasteiger partial charge in [0.15, 0.2) is 0 Å². The number of nitrogens with zero attached hydrogens (tertiary/aromatic N) is 1. The van der Waals surface area contributed by atoms with Crippen molar-refractivity contribution in [1.82, 2.24) is 4.90 Å². The predicted octanol–water partition coefficient (Wildman–Crippen LogP) is 4.73. The number of hydrogen-bond acceptors (Lipinski definition) is 5. The molecule has 6 rings (SSSR count). The first kappa shape index (κ1) is 26.6. The van der Waals surface area contributed by atoms with Crippen LogP contribution in [0, 0.1) is 23.2 Å². The van der Waals surface area contributed by atoms with Crippen LogP contribution in [-0.4, -0.2) is 41.2 Å². The van der Waals surface area contributed by atoms with Crippen LogP contribution < -0.4 is 10.5 Å². The summed E-state index contributed by atoms with van der Waals surface area (Å²) in [6.45, 7) is 3.91. The zero-order valence-electron chi connectivity index (χ0n) is 22.6. The van der Waals surface area contributed by atoms with Crippen LogP contribution in [0.3, 0.4) is 0 Å². The van der Waals surface area contributed by atoms with E-state index in [1.165, 1.54) is 31.1 Å². The first-order valence-corrected chi connectivity index (χ1v) is 14.1. The van der Waals surface area contributed by atoms with Gasteiger partial charge in [0, 0.05) is 18.8 Å². The van der Waals surface area contributed by atoms with Crippen molar-refractivity contribution in [2.75, 3.05) is 6.61 Å². The molecule has 4 saturated carbocycles. The molecule has 0 aliphatic heterocycles. The van der Waals surface area contributed by atoms with Crippen LogP contribution in [0.15, 0.2) is 54.6 Å². The third-order valence-corrected chi connectivity index (χ3v) is 9.41. The Labute approximate surface area is 225 Å². The lowest BCUT2D eigenvalue weighted by atomic mass is 9.44. The molecule has 0 aromatic heterocycles. The smallest absolute Gasteiger partial charge is 0.247 e. The summed E-state index contributed by atoms with van der Waals surface area (Å²) in [5, 5.41) is 0. The van der Waals surface area contributed by atoms with Gasteiger partial charge in [0.1, 0.15) is 17.6 Å². The zero-order chi connectivity index (χ0) is 26.9. The number of amides is 2. The lowest BCUT2D eigenvalue weighted by Gasteiger charge is -2.64. The number of benzene rings is 2. The van der Waals surface area contributed by atoms with Crippen molar-refractivity contribution in [3.63, 3.8) is 0 Å². The van der Waals surface area contributed by atoms with E-state index in [1.54, 1.807) is 0 Å². The SMILES string of the molecule is CCOc1ccc(C[C@H](N)C(=O)N(C(C)=O)[C@](C=O)(Cc2ccccc2)C23CC4CC(CC(C4)C2)C3)cc1. The first-order chi connectivity index (χ1) is 18.3. The lowest BCUT2D eigenvalue weighted by molar-refractivity contribution is -0.179. The van der Waals surface area contributed by atoms with Gasteiger partial charge in [-0.2, -0.15) is 0 Å². The summed E-state index contributed by atoms with van der Waals surface area (Å²) in [4.78, 5) is 42.3. The summed E-state index contributed by atoms with van der Waals surface area (Å²) >= 11 is 0. The zero-order valence-corrected chi connectivity index (χ0v) is 22.6. The highest BCUT2D eigenvalue weighted by Crippen LogP contribution is 2.65. The number of nitrogens with two attached hydrogens (primary N) is 1. The van der Waals surface area contributed by atoms with E-state index in [0.717, 1.165) is 42.4 Å². The number of aldehydes is 1. The Morgan fingerprint density at radius 3 is 2.08 bits per heavy atom. The van der Waals surface area contributed by atoms with Crippen LogP contribution in [0.25, 0.3) is 0 Å². The van der Waals surface area contributed by atoms with Gasteiger partial charge in [-0.15, -0.1) is 0 Å². The molecule has 6 heteroatoms. The molecule has 2 aromatic rings. The molecular weight excluding hydrogens is 476 g/mol. The Balaban J connectivity index is 1.52. The van der Waals surface area contributed by atoms with Crippen LogP contribution in [0.5, 0.6) is 5.75 Å². The van der Waals surface area contributed by atoms with Crippen LogP contribution in [-0.2, 0) is 27.2 Å². The molecule has 4 aliphatic rings. The molecule has 4 bridgehead atoms. The molecule has 4 aliphatic carbocycles. The summed E-state index contributed by atoms with van der Waals surface area (Å²) in [7, 11) is 0. The van der Waals surface area contributed by atoms with Gasteiger partial charge in [0.2, 0.25) is 11.8 Å². The average molecular weight is 517 g/mol. The molecule has 0 saturated heterocycles. The van der Waals surface area contributed by atoms with Crippen LogP contribution in [0.4, 0.5) is 0 Å². The topological polar surface area (TPSA) is 89.7 Å². The quantitative estimate of drug-likeness (QED) is 0.461.